The molecule has 1 unspecified atom stereocenters. The predicted octanol–water partition coefficient (Wildman–Crippen LogP) is 4.82. The first-order chi connectivity index (χ1) is 17.2. The van der Waals surface area contributed by atoms with Crippen LogP contribution in [0.2, 0.25) is 0 Å². The highest BCUT2D eigenvalue weighted by atomic mass is 16.5. The van der Waals surface area contributed by atoms with Gasteiger partial charge in [-0.1, -0.05) is 30.3 Å². The van der Waals surface area contributed by atoms with Crippen LogP contribution in [0, 0.1) is 0 Å². The molecule has 2 aliphatic rings. The number of rotatable bonds is 8. The highest BCUT2D eigenvalue weighted by molar-refractivity contribution is 6.04. The smallest absolute Gasteiger partial charge is 0.255 e. The molecule has 0 spiro atoms. The maximum absolute atomic E-state index is 12.7. The second-order valence-corrected chi connectivity index (χ2v) is 9.22. The predicted molar refractivity (Wildman–Crippen MR) is 139 cm³/mol. The Morgan fingerprint density at radius 2 is 1.66 bits per heavy atom. The lowest BCUT2D eigenvalue weighted by Gasteiger charge is -2.36. The van der Waals surface area contributed by atoms with Gasteiger partial charge in [0.15, 0.2) is 0 Å². The van der Waals surface area contributed by atoms with E-state index in [4.69, 9.17) is 9.47 Å². The molecule has 0 bridgehead atoms. The molecular formula is C29H33N3O3. The Balaban J connectivity index is 1.09. The van der Waals surface area contributed by atoms with E-state index in [0.29, 0.717) is 12.2 Å². The summed E-state index contributed by atoms with van der Waals surface area (Å²) in [6.45, 7) is 6.46. The van der Waals surface area contributed by atoms with Gasteiger partial charge >= 0.3 is 0 Å². The number of piperazine rings is 1. The van der Waals surface area contributed by atoms with Crippen molar-refractivity contribution in [3.8, 4) is 5.75 Å². The fourth-order valence-corrected chi connectivity index (χ4v) is 4.63. The van der Waals surface area contributed by atoms with Gasteiger partial charge in [0, 0.05) is 56.3 Å². The zero-order chi connectivity index (χ0) is 23.9. The Kier molecular flexibility index (Phi) is 7.61. The summed E-state index contributed by atoms with van der Waals surface area (Å²) in [5, 5.41) is 2.99. The van der Waals surface area contributed by atoms with E-state index in [-0.39, 0.29) is 12.0 Å². The second kappa shape index (κ2) is 11.4. The fraction of sp³-hybridized carbons (Fsp3) is 0.345. The van der Waals surface area contributed by atoms with Crippen molar-refractivity contribution in [3.05, 3.63) is 90.0 Å². The van der Waals surface area contributed by atoms with Gasteiger partial charge in [0.05, 0.1) is 6.10 Å². The lowest BCUT2D eigenvalue weighted by Crippen LogP contribution is -2.45. The van der Waals surface area contributed by atoms with E-state index in [1.165, 1.54) is 11.3 Å². The van der Waals surface area contributed by atoms with Crippen LogP contribution in [-0.2, 0) is 11.3 Å². The molecular weight excluding hydrogens is 438 g/mol. The van der Waals surface area contributed by atoms with E-state index in [9.17, 15) is 4.79 Å². The Hall–Kier alpha value is -3.35. The molecule has 0 aromatic heterocycles. The summed E-state index contributed by atoms with van der Waals surface area (Å²) in [6, 6.07) is 26.0. The fourth-order valence-electron chi connectivity index (χ4n) is 4.63. The Morgan fingerprint density at radius 1 is 0.914 bits per heavy atom. The third-order valence-electron chi connectivity index (χ3n) is 6.69. The number of nitrogens with zero attached hydrogens (tertiary/aromatic N) is 2. The number of hydrogen-bond acceptors (Lipinski definition) is 5. The molecule has 2 aliphatic heterocycles. The van der Waals surface area contributed by atoms with E-state index in [1.54, 1.807) is 12.1 Å². The van der Waals surface area contributed by atoms with Gasteiger partial charge in [0.2, 0.25) is 0 Å². The number of nitrogens with one attached hydrogen (secondary N) is 1. The molecule has 3 aromatic carbocycles. The van der Waals surface area contributed by atoms with Gasteiger partial charge in [-0.25, -0.2) is 0 Å². The van der Waals surface area contributed by atoms with Crippen molar-refractivity contribution in [2.75, 3.05) is 49.6 Å². The van der Waals surface area contributed by atoms with Crippen molar-refractivity contribution < 1.29 is 14.3 Å². The second-order valence-electron chi connectivity index (χ2n) is 9.22. The van der Waals surface area contributed by atoms with Crippen LogP contribution in [-0.4, -0.2) is 56.3 Å². The number of anilines is 2. The monoisotopic (exact) mass is 471 g/mol. The highest BCUT2D eigenvalue weighted by Crippen LogP contribution is 2.21. The minimum Gasteiger partial charge on any atom is -0.491 e. The maximum Gasteiger partial charge on any atom is 0.255 e. The third kappa shape index (κ3) is 6.41. The molecule has 1 amide bonds. The number of carbonyl (C=O) groups is 1. The standard InChI is InChI=1S/C29H33N3O3/c33-29(24-8-14-27(15-9-24)35-22-28-7-4-20-34-28)30-25-10-12-26(13-11-25)32-18-16-31(17-19-32)21-23-5-2-1-3-6-23/h1-3,5-6,8-15,28H,4,7,16-22H2,(H,30,33). The van der Waals surface area contributed by atoms with Crippen molar-refractivity contribution in [2.45, 2.75) is 25.5 Å². The van der Waals surface area contributed by atoms with Crippen molar-refractivity contribution in [3.63, 3.8) is 0 Å². The molecule has 5 rings (SSSR count). The molecule has 2 saturated heterocycles. The normalized spacial score (nSPS) is 18.4. The van der Waals surface area contributed by atoms with E-state index in [1.807, 2.05) is 24.3 Å². The van der Waals surface area contributed by atoms with Gasteiger partial charge < -0.3 is 19.7 Å². The molecule has 1 atom stereocenters. The minimum atomic E-state index is -0.127. The maximum atomic E-state index is 12.7. The van der Waals surface area contributed by atoms with Crippen LogP contribution in [0.15, 0.2) is 78.9 Å². The molecule has 182 valence electrons. The molecule has 1 N–H and O–H groups in total. The van der Waals surface area contributed by atoms with Crippen LogP contribution in [0.3, 0.4) is 0 Å². The summed E-state index contributed by atoms with van der Waals surface area (Å²) in [6.07, 6.45) is 2.32. The van der Waals surface area contributed by atoms with Crippen LogP contribution in [0.5, 0.6) is 5.75 Å². The lowest BCUT2D eigenvalue weighted by atomic mass is 10.1. The molecule has 2 heterocycles. The lowest BCUT2D eigenvalue weighted by molar-refractivity contribution is 0.0679. The summed E-state index contributed by atoms with van der Waals surface area (Å²) in [5.41, 5.74) is 3.95. The molecule has 0 radical (unpaired) electrons. The molecule has 35 heavy (non-hydrogen) atoms. The molecule has 2 fully saturated rings. The summed E-state index contributed by atoms with van der Waals surface area (Å²) >= 11 is 0. The number of ether oxygens (including phenoxy) is 2. The Bertz CT molecular complexity index is 1070. The van der Waals surface area contributed by atoms with Gasteiger partial charge in [-0.3, -0.25) is 9.69 Å². The average Bonchev–Trinajstić information content (AvgIpc) is 3.43. The van der Waals surface area contributed by atoms with Gasteiger partial charge in [-0.15, -0.1) is 0 Å². The van der Waals surface area contributed by atoms with E-state index in [2.05, 4.69) is 57.6 Å². The first-order valence-electron chi connectivity index (χ1n) is 12.5. The van der Waals surface area contributed by atoms with Crippen LogP contribution >= 0.6 is 0 Å². The van der Waals surface area contributed by atoms with Gasteiger partial charge in [0.1, 0.15) is 12.4 Å². The summed E-state index contributed by atoms with van der Waals surface area (Å²) < 4.78 is 11.4. The summed E-state index contributed by atoms with van der Waals surface area (Å²) in [7, 11) is 0. The van der Waals surface area contributed by atoms with Crippen LogP contribution in [0.25, 0.3) is 0 Å². The summed E-state index contributed by atoms with van der Waals surface area (Å²) in [4.78, 5) is 17.6. The van der Waals surface area contributed by atoms with Crippen LogP contribution in [0.4, 0.5) is 11.4 Å². The largest absolute Gasteiger partial charge is 0.491 e. The molecule has 3 aromatic rings. The SMILES string of the molecule is O=C(Nc1ccc(N2CCN(Cc3ccccc3)CC2)cc1)c1ccc(OCC2CCCO2)cc1. The van der Waals surface area contributed by atoms with E-state index >= 15 is 0 Å². The number of carbonyl (C=O) groups excluding carboxylic acids is 1. The minimum absolute atomic E-state index is 0.127. The summed E-state index contributed by atoms with van der Waals surface area (Å²) in [5.74, 6) is 0.628. The first-order valence-corrected chi connectivity index (χ1v) is 12.5. The number of hydrogen-bond donors (Lipinski definition) is 1. The zero-order valence-electron chi connectivity index (χ0n) is 20.1. The first kappa shape index (κ1) is 23.4. The van der Waals surface area contributed by atoms with Gasteiger partial charge in [-0.2, -0.15) is 0 Å². The van der Waals surface area contributed by atoms with Gasteiger partial charge in [0.25, 0.3) is 5.91 Å². The van der Waals surface area contributed by atoms with Crippen molar-refractivity contribution in [2.24, 2.45) is 0 Å². The third-order valence-corrected chi connectivity index (χ3v) is 6.69. The van der Waals surface area contributed by atoms with Crippen molar-refractivity contribution in [1.29, 1.82) is 0 Å². The zero-order valence-corrected chi connectivity index (χ0v) is 20.1. The molecule has 0 aliphatic carbocycles. The molecule has 6 nitrogen and oxygen atoms in total. The van der Waals surface area contributed by atoms with Crippen LogP contribution in [0.1, 0.15) is 28.8 Å². The molecule has 0 saturated carbocycles. The van der Waals surface area contributed by atoms with Crippen molar-refractivity contribution in [1.82, 2.24) is 4.90 Å². The average molecular weight is 472 g/mol. The van der Waals surface area contributed by atoms with Crippen molar-refractivity contribution >= 4 is 17.3 Å². The van der Waals surface area contributed by atoms with Crippen LogP contribution < -0.4 is 15.0 Å². The molecule has 6 heteroatoms. The topological polar surface area (TPSA) is 54.0 Å². The van der Waals surface area contributed by atoms with E-state index in [0.717, 1.165) is 63.6 Å². The van der Waals surface area contributed by atoms with E-state index < -0.39 is 0 Å². The highest BCUT2D eigenvalue weighted by Gasteiger charge is 2.18. The van der Waals surface area contributed by atoms with Gasteiger partial charge in [-0.05, 0) is 66.9 Å². The number of benzene rings is 3. The number of amides is 1. The Morgan fingerprint density at radius 3 is 2.34 bits per heavy atom. The quantitative estimate of drug-likeness (QED) is 0.511. The Labute approximate surface area is 207 Å².